The minimum atomic E-state index is -0.217. The van der Waals surface area contributed by atoms with Crippen LogP contribution in [-0.4, -0.2) is 17.7 Å². The van der Waals surface area contributed by atoms with Gasteiger partial charge in [0.1, 0.15) is 5.03 Å². The number of amides is 1. The Kier molecular flexibility index (Phi) is 4.26. The van der Waals surface area contributed by atoms with Gasteiger partial charge in [0, 0.05) is 22.8 Å². The molecular weight excluding hydrogens is 336 g/mol. The molecule has 124 valence electrons. The molecule has 0 aliphatic carbocycles. The minimum absolute atomic E-state index is 0.202. The number of hydrogen-bond acceptors (Lipinski definition) is 5. The van der Waals surface area contributed by atoms with Crippen LogP contribution in [-0.2, 0) is 0 Å². The van der Waals surface area contributed by atoms with E-state index in [0.29, 0.717) is 27.8 Å². The Morgan fingerprint density at radius 2 is 1.84 bits per heavy atom. The first kappa shape index (κ1) is 15.5. The number of nitrogens with one attached hydrogen (secondary N) is 1. The number of fused-ring (bicyclic) bond motifs is 1. The Morgan fingerprint density at radius 1 is 1.00 bits per heavy atom. The normalized spacial score (nSPS) is 12.0. The third-order valence-electron chi connectivity index (χ3n) is 3.60. The van der Waals surface area contributed by atoms with E-state index in [1.165, 1.54) is 11.8 Å². The van der Waals surface area contributed by atoms with Crippen molar-refractivity contribution in [3.05, 3.63) is 72.4 Å². The first-order valence-electron chi connectivity index (χ1n) is 7.68. The third-order valence-corrected chi connectivity index (χ3v) is 4.63. The standard InChI is InChI=1S/C19H14N2O3S/c22-18(21-13-8-9-16-17(11-13)24-12-23-16)15-7-4-10-20-19(15)25-14-5-2-1-3-6-14/h1-11H,12H2,(H,21,22). The summed E-state index contributed by atoms with van der Waals surface area (Å²) in [6.45, 7) is 0.202. The summed E-state index contributed by atoms with van der Waals surface area (Å²) in [5.41, 5.74) is 1.17. The molecule has 0 fully saturated rings. The van der Waals surface area contributed by atoms with E-state index in [2.05, 4.69) is 10.3 Å². The largest absolute Gasteiger partial charge is 0.454 e. The fraction of sp³-hybridized carbons (Fsp3) is 0.0526. The quantitative estimate of drug-likeness (QED) is 0.764. The van der Waals surface area contributed by atoms with Crippen molar-refractivity contribution < 1.29 is 14.3 Å². The van der Waals surface area contributed by atoms with Gasteiger partial charge in [-0.2, -0.15) is 0 Å². The van der Waals surface area contributed by atoms with Crippen molar-refractivity contribution in [2.24, 2.45) is 0 Å². The summed E-state index contributed by atoms with van der Waals surface area (Å²) in [6.07, 6.45) is 1.68. The lowest BCUT2D eigenvalue weighted by atomic mass is 10.2. The molecule has 1 amide bonds. The third kappa shape index (κ3) is 3.44. The number of aromatic nitrogens is 1. The summed E-state index contributed by atoms with van der Waals surface area (Å²) in [5, 5.41) is 3.55. The van der Waals surface area contributed by atoms with Crippen LogP contribution >= 0.6 is 11.8 Å². The van der Waals surface area contributed by atoms with Gasteiger partial charge in [0.25, 0.3) is 5.91 Å². The number of anilines is 1. The lowest BCUT2D eigenvalue weighted by molar-refractivity contribution is 0.102. The molecule has 3 aromatic rings. The lowest BCUT2D eigenvalue weighted by Crippen LogP contribution is -2.13. The molecule has 1 aliphatic heterocycles. The average Bonchev–Trinajstić information content (AvgIpc) is 3.11. The van der Waals surface area contributed by atoms with Gasteiger partial charge in [-0.25, -0.2) is 4.98 Å². The average molecular weight is 350 g/mol. The Bertz CT molecular complexity index is 916. The molecule has 2 aromatic carbocycles. The highest BCUT2D eigenvalue weighted by atomic mass is 32.2. The molecule has 0 unspecified atom stereocenters. The van der Waals surface area contributed by atoms with Crippen molar-refractivity contribution in [1.29, 1.82) is 0 Å². The van der Waals surface area contributed by atoms with Gasteiger partial charge in [0.15, 0.2) is 11.5 Å². The number of nitrogens with zero attached hydrogens (tertiary/aromatic N) is 1. The predicted molar refractivity (Wildman–Crippen MR) is 95.3 cm³/mol. The van der Waals surface area contributed by atoms with Gasteiger partial charge in [-0.3, -0.25) is 4.79 Å². The van der Waals surface area contributed by atoms with E-state index >= 15 is 0 Å². The molecule has 0 radical (unpaired) electrons. The summed E-state index contributed by atoms with van der Waals surface area (Å²) < 4.78 is 10.6. The van der Waals surface area contributed by atoms with Gasteiger partial charge in [-0.05, 0) is 36.4 Å². The van der Waals surface area contributed by atoms with E-state index in [4.69, 9.17) is 9.47 Å². The molecule has 1 aliphatic rings. The van der Waals surface area contributed by atoms with Gasteiger partial charge in [0.05, 0.1) is 5.56 Å². The topological polar surface area (TPSA) is 60.5 Å². The highest BCUT2D eigenvalue weighted by Gasteiger charge is 2.17. The molecule has 25 heavy (non-hydrogen) atoms. The van der Waals surface area contributed by atoms with Crippen molar-refractivity contribution in [2.45, 2.75) is 9.92 Å². The summed E-state index contributed by atoms with van der Waals surface area (Å²) >= 11 is 1.46. The smallest absolute Gasteiger partial charge is 0.258 e. The first-order valence-corrected chi connectivity index (χ1v) is 8.50. The van der Waals surface area contributed by atoms with Gasteiger partial charge < -0.3 is 14.8 Å². The minimum Gasteiger partial charge on any atom is -0.454 e. The van der Waals surface area contributed by atoms with Crippen molar-refractivity contribution in [2.75, 3.05) is 12.1 Å². The van der Waals surface area contributed by atoms with E-state index in [9.17, 15) is 4.79 Å². The number of carbonyl (C=O) groups is 1. The zero-order chi connectivity index (χ0) is 17.1. The van der Waals surface area contributed by atoms with Crippen LogP contribution in [0.25, 0.3) is 0 Å². The van der Waals surface area contributed by atoms with E-state index in [1.807, 2.05) is 30.3 Å². The maximum absolute atomic E-state index is 12.7. The van der Waals surface area contributed by atoms with Crippen LogP contribution in [0.15, 0.2) is 76.8 Å². The van der Waals surface area contributed by atoms with Gasteiger partial charge >= 0.3 is 0 Å². The molecule has 0 saturated carbocycles. The SMILES string of the molecule is O=C(Nc1ccc2c(c1)OCO2)c1cccnc1Sc1ccccc1. The number of ether oxygens (including phenoxy) is 2. The number of rotatable bonds is 4. The van der Waals surface area contributed by atoms with Crippen LogP contribution in [0.1, 0.15) is 10.4 Å². The molecule has 5 nitrogen and oxygen atoms in total. The van der Waals surface area contributed by atoms with Gasteiger partial charge in [-0.15, -0.1) is 0 Å². The number of pyridine rings is 1. The zero-order valence-electron chi connectivity index (χ0n) is 13.1. The molecule has 1 aromatic heterocycles. The van der Waals surface area contributed by atoms with Crippen LogP contribution in [0.3, 0.4) is 0 Å². The number of carbonyl (C=O) groups excluding carboxylic acids is 1. The Balaban J connectivity index is 1.56. The molecule has 4 rings (SSSR count). The Labute approximate surface area is 149 Å². The van der Waals surface area contributed by atoms with Crippen molar-refractivity contribution >= 4 is 23.4 Å². The molecule has 0 atom stereocenters. The summed E-state index contributed by atoms with van der Waals surface area (Å²) in [4.78, 5) is 18.1. The molecule has 0 spiro atoms. The Morgan fingerprint density at radius 3 is 2.72 bits per heavy atom. The highest BCUT2D eigenvalue weighted by Crippen LogP contribution is 2.34. The van der Waals surface area contributed by atoms with Crippen molar-refractivity contribution in [1.82, 2.24) is 4.98 Å². The Hall–Kier alpha value is -2.99. The fourth-order valence-electron chi connectivity index (χ4n) is 2.42. The van der Waals surface area contributed by atoms with Crippen molar-refractivity contribution in [3.8, 4) is 11.5 Å². The van der Waals surface area contributed by atoms with Gasteiger partial charge in [0.2, 0.25) is 6.79 Å². The van der Waals surface area contributed by atoms with E-state index < -0.39 is 0 Å². The molecule has 6 heteroatoms. The fourth-order valence-corrected chi connectivity index (χ4v) is 3.32. The van der Waals surface area contributed by atoms with E-state index in [0.717, 1.165) is 4.90 Å². The van der Waals surface area contributed by atoms with Crippen LogP contribution in [0, 0.1) is 0 Å². The predicted octanol–water partition coefficient (Wildman–Crippen LogP) is 4.21. The summed E-state index contributed by atoms with van der Waals surface area (Å²) in [7, 11) is 0. The molecule has 1 N–H and O–H groups in total. The van der Waals surface area contributed by atoms with Crippen LogP contribution in [0.5, 0.6) is 11.5 Å². The maximum Gasteiger partial charge on any atom is 0.258 e. The number of benzene rings is 2. The summed E-state index contributed by atoms with van der Waals surface area (Å²) in [6, 6.07) is 18.7. The van der Waals surface area contributed by atoms with Crippen LogP contribution in [0.4, 0.5) is 5.69 Å². The van der Waals surface area contributed by atoms with Crippen molar-refractivity contribution in [3.63, 3.8) is 0 Å². The van der Waals surface area contributed by atoms with Gasteiger partial charge in [-0.1, -0.05) is 30.0 Å². The van der Waals surface area contributed by atoms with E-state index in [-0.39, 0.29) is 12.7 Å². The zero-order valence-corrected chi connectivity index (χ0v) is 14.0. The van der Waals surface area contributed by atoms with Crippen LogP contribution < -0.4 is 14.8 Å². The lowest BCUT2D eigenvalue weighted by Gasteiger charge is -2.09. The molecular formula is C19H14N2O3S. The second-order valence-electron chi connectivity index (χ2n) is 5.29. The summed E-state index contributed by atoms with van der Waals surface area (Å²) in [5.74, 6) is 1.09. The maximum atomic E-state index is 12.7. The molecule has 0 bridgehead atoms. The van der Waals surface area contributed by atoms with E-state index in [1.54, 1.807) is 36.5 Å². The molecule has 0 saturated heterocycles. The second-order valence-corrected chi connectivity index (χ2v) is 6.36. The van der Waals surface area contributed by atoms with Crippen LogP contribution in [0.2, 0.25) is 0 Å². The monoisotopic (exact) mass is 350 g/mol. The molecule has 2 heterocycles. The first-order chi connectivity index (χ1) is 12.3. The number of hydrogen-bond donors (Lipinski definition) is 1. The highest BCUT2D eigenvalue weighted by molar-refractivity contribution is 7.99. The second kappa shape index (κ2) is 6.86.